The molecule has 1 aromatic heterocycles. The molecule has 0 radical (unpaired) electrons. The van der Waals surface area contributed by atoms with Gasteiger partial charge in [0.2, 0.25) is 0 Å². The molecule has 168 valence electrons. The minimum absolute atomic E-state index is 0.270. The van der Waals surface area contributed by atoms with Crippen LogP contribution in [0.1, 0.15) is 71.8 Å². The van der Waals surface area contributed by atoms with Crippen molar-refractivity contribution in [3.8, 4) is 0 Å². The van der Waals surface area contributed by atoms with Crippen LogP contribution in [0.25, 0.3) is 10.9 Å². The van der Waals surface area contributed by atoms with Gasteiger partial charge in [-0.05, 0) is 61.0 Å². The van der Waals surface area contributed by atoms with Gasteiger partial charge in [-0.2, -0.15) is 0 Å². The van der Waals surface area contributed by atoms with Crippen molar-refractivity contribution in [2.75, 3.05) is 0 Å². The summed E-state index contributed by atoms with van der Waals surface area (Å²) in [5, 5.41) is 24.5. The summed E-state index contributed by atoms with van der Waals surface area (Å²) in [5.74, 6) is 1.80. The van der Waals surface area contributed by atoms with Gasteiger partial charge >= 0.3 is 0 Å². The van der Waals surface area contributed by atoms with Crippen molar-refractivity contribution in [2.24, 2.45) is 34.5 Å². The Morgan fingerprint density at radius 3 is 2.55 bits per heavy atom. The highest BCUT2D eigenvalue weighted by molar-refractivity contribution is 5.84. The number of aromatic amines is 1. The van der Waals surface area contributed by atoms with E-state index in [4.69, 9.17) is 0 Å². The zero-order valence-corrected chi connectivity index (χ0v) is 19.7. The molecule has 1 heterocycles. The molecule has 0 aliphatic heterocycles. The molecule has 3 aliphatic rings. The molecule has 3 heteroatoms. The van der Waals surface area contributed by atoms with Crippen LogP contribution in [0.5, 0.6) is 0 Å². The predicted octanol–water partition coefficient (Wildman–Crippen LogP) is 6.04. The zero-order valence-electron chi connectivity index (χ0n) is 19.7. The highest BCUT2D eigenvalue weighted by Gasteiger charge is 2.69. The molecule has 0 saturated heterocycles. The largest absolute Gasteiger partial charge is 0.393 e. The number of rotatable bonds is 2. The van der Waals surface area contributed by atoms with Crippen molar-refractivity contribution in [1.29, 1.82) is 0 Å². The van der Waals surface area contributed by atoms with Crippen LogP contribution in [0.15, 0.2) is 42.1 Å². The maximum Gasteiger partial charge on any atom is 0.0608 e. The number of aliphatic hydroxyl groups is 2. The molecule has 0 amide bonds. The molecule has 3 aliphatic carbocycles. The van der Waals surface area contributed by atoms with Crippen LogP contribution in [-0.2, 0) is 0 Å². The normalized spacial score (nSPS) is 42.9. The average Bonchev–Trinajstić information content (AvgIpc) is 3.17. The summed E-state index contributed by atoms with van der Waals surface area (Å²) < 4.78 is 0. The summed E-state index contributed by atoms with van der Waals surface area (Å²) in [6, 6.07) is 8.62. The van der Waals surface area contributed by atoms with Crippen LogP contribution in [-0.4, -0.2) is 27.4 Å². The fourth-order valence-corrected chi connectivity index (χ4v) is 8.31. The standard InChI is InChI=1S/C28H39NO2/c1-16(2)19-12-13-28-23(30)11-10-18(4)27(28,5)24(31)14-17(3)26(28)25(19)21-15-29-22-9-7-6-8-20(21)22/h6-9,12,15-18,23-26,29-31H,10-11,13-14H2,1-5H3. The molecule has 8 unspecified atom stereocenters. The third-order valence-electron chi connectivity index (χ3n) is 10.0. The van der Waals surface area contributed by atoms with Gasteiger partial charge in [0.05, 0.1) is 12.2 Å². The Bertz CT molecular complexity index is 1010. The quantitative estimate of drug-likeness (QED) is 0.518. The van der Waals surface area contributed by atoms with Crippen molar-refractivity contribution < 1.29 is 10.2 Å². The summed E-state index contributed by atoms with van der Waals surface area (Å²) in [5.41, 5.74) is 3.50. The molecule has 2 saturated carbocycles. The molecule has 0 bridgehead atoms. The molecular formula is C28H39NO2. The van der Waals surface area contributed by atoms with Gasteiger partial charge in [-0.25, -0.2) is 0 Å². The van der Waals surface area contributed by atoms with Gasteiger partial charge < -0.3 is 15.2 Å². The summed E-state index contributed by atoms with van der Waals surface area (Å²) >= 11 is 0. The number of aliphatic hydroxyl groups excluding tert-OH is 2. The van der Waals surface area contributed by atoms with E-state index >= 15 is 0 Å². The van der Waals surface area contributed by atoms with E-state index in [1.165, 1.54) is 22.0 Å². The lowest BCUT2D eigenvalue weighted by atomic mass is 9.36. The maximum atomic E-state index is 11.7. The molecule has 1 aromatic carbocycles. The zero-order chi connectivity index (χ0) is 22.1. The Hall–Kier alpha value is -1.58. The van der Waals surface area contributed by atoms with Gasteiger partial charge in [0.1, 0.15) is 0 Å². The second-order valence-electron chi connectivity index (χ2n) is 11.4. The van der Waals surface area contributed by atoms with Gasteiger partial charge in [0.15, 0.2) is 0 Å². The molecule has 3 N–H and O–H groups in total. The van der Waals surface area contributed by atoms with Crippen molar-refractivity contribution in [1.82, 2.24) is 4.98 Å². The number of hydrogen-bond donors (Lipinski definition) is 3. The van der Waals surface area contributed by atoms with E-state index in [-0.39, 0.29) is 29.0 Å². The van der Waals surface area contributed by atoms with Crippen LogP contribution < -0.4 is 0 Å². The number of benzene rings is 1. The van der Waals surface area contributed by atoms with E-state index in [2.05, 4.69) is 76.1 Å². The maximum absolute atomic E-state index is 11.7. The van der Waals surface area contributed by atoms with Crippen molar-refractivity contribution in [2.45, 2.75) is 78.4 Å². The topological polar surface area (TPSA) is 56.2 Å². The molecule has 2 fully saturated rings. The number of fused-ring (bicyclic) bond motifs is 1. The molecule has 8 atom stereocenters. The van der Waals surface area contributed by atoms with Crippen molar-refractivity contribution >= 4 is 10.9 Å². The van der Waals surface area contributed by atoms with E-state index in [1.54, 1.807) is 0 Å². The first-order chi connectivity index (χ1) is 14.7. The first-order valence-electron chi connectivity index (χ1n) is 12.4. The van der Waals surface area contributed by atoms with Crippen LogP contribution in [0.4, 0.5) is 0 Å². The second kappa shape index (κ2) is 7.22. The van der Waals surface area contributed by atoms with Crippen LogP contribution in [0.2, 0.25) is 0 Å². The smallest absolute Gasteiger partial charge is 0.0608 e. The third kappa shape index (κ3) is 2.66. The molecule has 1 spiro atoms. The Morgan fingerprint density at radius 2 is 1.81 bits per heavy atom. The number of nitrogens with one attached hydrogen (secondary N) is 1. The Labute approximate surface area is 187 Å². The Morgan fingerprint density at radius 1 is 1.06 bits per heavy atom. The second-order valence-corrected chi connectivity index (χ2v) is 11.4. The summed E-state index contributed by atoms with van der Waals surface area (Å²) in [6.45, 7) is 11.6. The Kier molecular flexibility index (Phi) is 4.95. The van der Waals surface area contributed by atoms with E-state index in [1.807, 2.05) is 0 Å². The average molecular weight is 422 g/mol. The predicted molar refractivity (Wildman–Crippen MR) is 127 cm³/mol. The number of aromatic nitrogens is 1. The molecule has 2 aromatic rings. The highest BCUT2D eigenvalue weighted by Crippen LogP contribution is 2.71. The molecule has 31 heavy (non-hydrogen) atoms. The number of H-pyrrole nitrogens is 1. The van der Waals surface area contributed by atoms with E-state index in [9.17, 15) is 10.2 Å². The van der Waals surface area contributed by atoms with Crippen molar-refractivity contribution in [3.63, 3.8) is 0 Å². The van der Waals surface area contributed by atoms with Crippen LogP contribution in [0, 0.1) is 34.5 Å². The van der Waals surface area contributed by atoms with Crippen LogP contribution in [0.3, 0.4) is 0 Å². The lowest BCUT2D eigenvalue weighted by Gasteiger charge is -2.69. The minimum atomic E-state index is -0.367. The van der Waals surface area contributed by atoms with Gasteiger partial charge in [0.25, 0.3) is 0 Å². The number of para-hydroxylation sites is 1. The van der Waals surface area contributed by atoms with E-state index in [0.29, 0.717) is 23.7 Å². The lowest BCUT2D eigenvalue weighted by Crippen LogP contribution is -2.69. The first kappa shape index (κ1) is 21.3. The summed E-state index contributed by atoms with van der Waals surface area (Å²) in [7, 11) is 0. The molecule has 3 nitrogen and oxygen atoms in total. The highest BCUT2D eigenvalue weighted by atomic mass is 16.3. The SMILES string of the molecule is CC(C)C1=CCC23C(O)CCC(C)C2(C)C(O)CC(C)C3C1c1c[nH]c2ccccc12. The summed E-state index contributed by atoms with van der Waals surface area (Å²) in [4.78, 5) is 3.52. The first-order valence-corrected chi connectivity index (χ1v) is 12.4. The Balaban J connectivity index is 1.78. The van der Waals surface area contributed by atoms with Gasteiger partial charge in [-0.3, -0.25) is 0 Å². The summed E-state index contributed by atoms with van der Waals surface area (Å²) in [6.07, 6.45) is 7.50. The lowest BCUT2D eigenvalue weighted by molar-refractivity contribution is -0.251. The number of hydrogen-bond acceptors (Lipinski definition) is 2. The third-order valence-corrected chi connectivity index (χ3v) is 10.0. The molecular weight excluding hydrogens is 382 g/mol. The monoisotopic (exact) mass is 421 g/mol. The fourth-order valence-electron chi connectivity index (χ4n) is 8.31. The number of allylic oxidation sites excluding steroid dienone is 2. The van der Waals surface area contributed by atoms with Gasteiger partial charge in [-0.1, -0.05) is 64.5 Å². The van der Waals surface area contributed by atoms with E-state index in [0.717, 1.165) is 25.7 Å². The van der Waals surface area contributed by atoms with E-state index < -0.39 is 0 Å². The van der Waals surface area contributed by atoms with Crippen LogP contribution >= 0.6 is 0 Å². The van der Waals surface area contributed by atoms with Gasteiger partial charge in [-0.15, -0.1) is 0 Å². The minimum Gasteiger partial charge on any atom is -0.393 e. The van der Waals surface area contributed by atoms with Crippen molar-refractivity contribution in [3.05, 3.63) is 47.7 Å². The molecule has 5 rings (SSSR count). The van der Waals surface area contributed by atoms with Gasteiger partial charge in [0, 0.05) is 33.8 Å². The fraction of sp³-hybridized carbons (Fsp3) is 0.643.